The van der Waals surface area contributed by atoms with Crippen molar-refractivity contribution >= 4 is 5.91 Å². The number of amides is 1. The number of carbonyl (C=O) groups excluding carboxylic acids is 1. The van der Waals surface area contributed by atoms with Gasteiger partial charge in [0.25, 0.3) is 0 Å². The zero-order valence-electron chi connectivity index (χ0n) is 9.07. The largest absolute Gasteiger partial charge is 0.392 e. The van der Waals surface area contributed by atoms with E-state index in [9.17, 15) is 9.90 Å². The molecule has 4 nitrogen and oxygen atoms in total. The first-order valence-corrected chi connectivity index (χ1v) is 5.28. The second-order valence-corrected chi connectivity index (χ2v) is 3.94. The van der Waals surface area contributed by atoms with Crippen LogP contribution in [0.25, 0.3) is 0 Å². The van der Waals surface area contributed by atoms with Crippen molar-refractivity contribution < 1.29 is 9.90 Å². The molecule has 14 heavy (non-hydrogen) atoms. The van der Waals surface area contributed by atoms with Crippen LogP contribution in [0.15, 0.2) is 0 Å². The Labute approximate surface area is 85.5 Å². The molecule has 1 heterocycles. The summed E-state index contributed by atoms with van der Waals surface area (Å²) >= 11 is 0. The Hall–Kier alpha value is -0.610. The lowest BCUT2D eigenvalue weighted by molar-refractivity contribution is -0.131. The number of hydrogen-bond donors (Lipinski definition) is 1. The molecule has 0 aromatic heterocycles. The van der Waals surface area contributed by atoms with E-state index in [2.05, 4.69) is 0 Å². The van der Waals surface area contributed by atoms with E-state index in [1.165, 1.54) is 0 Å². The summed E-state index contributed by atoms with van der Waals surface area (Å²) in [5, 5.41) is 9.42. The molecule has 0 saturated carbocycles. The number of rotatable bonds is 3. The number of aliphatic hydroxyl groups excluding tert-OH is 1. The predicted octanol–water partition coefficient (Wildman–Crippen LogP) is -0.0786. The van der Waals surface area contributed by atoms with E-state index in [4.69, 9.17) is 0 Å². The number of nitrogens with zero attached hydrogens (tertiary/aromatic N) is 2. The number of likely N-dealkylation sites (N-methyl/N-ethyl adjacent to an activating group) is 1. The second kappa shape index (κ2) is 5.32. The van der Waals surface area contributed by atoms with Gasteiger partial charge >= 0.3 is 0 Å². The number of piperidine rings is 1. The summed E-state index contributed by atoms with van der Waals surface area (Å²) in [5.41, 5.74) is 0. The Balaban J connectivity index is 2.32. The van der Waals surface area contributed by atoms with Crippen LogP contribution >= 0.6 is 0 Å². The van der Waals surface area contributed by atoms with Crippen LogP contribution in [0, 0.1) is 0 Å². The minimum Gasteiger partial charge on any atom is -0.392 e. The lowest BCUT2D eigenvalue weighted by Crippen LogP contribution is -2.44. The molecule has 4 heteroatoms. The first kappa shape index (κ1) is 11.5. The number of β-amino-alcohol motifs (C(OH)–C–C–N with tert-alkyl or cyclic N) is 1. The Morgan fingerprint density at radius 2 is 2.36 bits per heavy atom. The number of carbonyl (C=O) groups is 1. The maximum absolute atomic E-state index is 11.6. The molecule has 1 saturated heterocycles. The van der Waals surface area contributed by atoms with E-state index in [1.54, 1.807) is 4.90 Å². The highest BCUT2D eigenvalue weighted by molar-refractivity contribution is 5.77. The van der Waals surface area contributed by atoms with Crippen molar-refractivity contribution in [1.29, 1.82) is 0 Å². The third-order valence-corrected chi connectivity index (χ3v) is 2.74. The maximum Gasteiger partial charge on any atom is 0.236 e. The summed E-state index contributed by atoms with van der Waals surface area (Å²) in [5.74, 6) is 0.140. The van der Waals surface area contributed by atoms with Crippen LogP contribution in [-0.4, -0.2) is 60.1 Å². The molecule has 82 valence electrons. The van der Waals surface area contributed by atoms with Gasteiger partial charge in [-0.15, -0.1) is 0 Å². The minimum absolute atomic E-state index is 0.140. The molecule has 0 unspecified atom stereocenters. The predicted molar refractivity (Wildman–Crippen MR) is 55.0 cm³/mol. The van der Waals surface area contributed by atoms with Crippen LogP contribution in [0.1, 0.15) is 19.8 Å². The van der Waals surface area contributed by atoms with Gasteiger partial charge in [-0.3, -0.25) is 9.69 Å². The van der Waals surface area contributed by atoms with Gasteiger partial charge in [0.1, 0.15) is 0 Å². The van der Waals surface area contributed by atoms with E-state index in [0.717, 1.165) is 25.9 Å². The summed E-state index contributed by atoms with van der Waals surface area (Å²) in [7, 11) is 1.81. The quantitative estimate of drug-likeness (QED) is 0.693. The Bertz CT molecular complexity index is 197. The van der Waals surface area contributed by atoms with Gasteiger partial charge < -0.3 is 10.0 Å². The van der Waals surface area contributed by atoms with Gasteiger partial charge in [0.05, 0.1) is 12.6 Å². The van der Waals surface area contributed by atoms with Gasteiger partial charge in [0.2, 0.25) is 5.91 Å². The highest BCUT2D eigenvalue weighted by atomic mass is 16.3. The zero-order valence-corrected chi connectivity index (χ0v) is 9.07. The molecular weight excluding hydrogens is 180 g/mol. The average Bonchev–Trinajstić information content (AvgIpc) is 2.16. The highest BCUT2D eigenvalue weighted by Gasteiger charge is 2.20. The van der Waals surface area contributed by atoms with Gasteiger partial charge in [-0.05, 0) is 26.3 Å². The van der Waals surface area contributed by atoms with E-state index in [1.807, 2.05) is 18.9 Å². The monoisotopic (exact) mass is 200 g/mol. The van der Waals surface area contributed by atoms with Crippen LogP contribution in [0.4, 0.5) is 0 Å². The van der Waals surface area contributed by atoms with Crippen LogP contribution < -0.4 is 0 Å². The fraction of sp³-hybridized carbons (Fsp3) is 0.900. The summed E-state index contributed by atoms with van der Waals surface area (Å²) in [6, 6.07) is 0. The smallest absolute Gasteiger partial charge is 0.236 e. The molecule has 1 amide bonds. The number of likely N-dealkylation sites (tertiary alicyclic amines) is 1. The standard InChI is InChI=1S/C10H20N2O2/c1-3-11(2)10(14)8-12-6-4-5-9(13)7-12/h9,13H,3-8H2,1-2H3/t9-/m0/s1. The minimum atomic E-state index is -0.247. The third kappa shape index (κ3) is 3.27. The maximum atomic E-state index is 11.6. The lowest BCUT2D eigenvalue weighted by Gasteiger charge is -2.30. The normalized spacial score (nSPS) is 23.5. The molecule has 0 aliphatic carbocycles. The molecule has 0 bridgehead atoms. The molecule has 1 rings (SSSR count). The van der Waals surface area contributed by atoms with E-state index < -0.39 is 0 Å². The first-order valence-electron chi connectivity index (χ1n) is 5.28. The zero-order chi connectivity index (χ0) is 10.6. The fourth-order valence-electron chi connectivity index (χ4n) is 1.66. The first-order chi connectivity index (χ1) is 6.63. The van der Waals surface area contributed by atoms with Crippen molar-refractivity contribution in [2.75, 3.05) is 33.2 Å². The summed E-state index contributed by atoms with van der Waals surface area (Å²) in [6.45, 7) is 4.73. The van der Waals surface area contributed by atoms with E-state index in [0.29, 0.717) is 13.1 Å². The van der Waals surface area contributed by atoms with Gasteiger partial charge in [-0.1, -0.05) is 0 Å². The third-order valence-electron chi connectivity index (χ3n) is 2.74. The molecule has 0 spiro atoms. The van der Waals surface area contributed by atoms with Gasteiger partial charge in [0, 0.05) is 20.1 Å². The molecule has 1 atom stereocenters. The molecule has 1 fully saturated rings. The molecular formula is C10H20N2O2. The fourth-order valence-corrected chi connectivity index (χ4v) is 1.66. The molecule has 0 radical (unpaired) electrons. The highest BCUT2D eigenvalue weighted by Crippen LogP contribution is 2.09. The number of aliphatic hydroxyl groups is 1. The van der Waals surface area contributed by atoms with Crippen LogP contribution in [0.2, 0.25) is 0 Å². The summed E-state index contributed by atoms with van der Waals surface area (Å²) in [6.07, 6.45) is 1.61. The van der Waals surface area contributed by atoms with Gasteiger partial charge in [-0.25, -0.2) is 0 Å². The number of hydrogen-bond acceptors (Lipinski definition) is 3. The molecule has 0 aromatic carbocycles. The lowest BCUT2D eigenvalue weighted by atomic mass is 10.1. The molecule has 1 N–H and O–H groups in total. The van der Waals surface area contributed by atoms with Crippen molar-refractivity contribution in [3.8, 4) is 0 Å². The van der Waals surface area contributed by atoms with E-state index in [-0.39, 0.29) is 12.0 Å². The van der Waals surface area contributed by atoms with Crippen molar-refractivity contribution in [2.45, 2.75) is 25.9 Å². The second-order valence-electron chi connectivity index (χ2n) is 3.94. The van der Waals surface area contributed by atoms with Crippen molar-refractivity contribution in [2.24, 2.45) is 0 Å². The van der Waals surface area contributed by atoms with Crippen molar-refractivity contribution in [1.82, 2.24) is 9.80 Å². The van der Waals surface area contributed by atoms with Crippen molar-refractivity contribution in [3.63, 3.8) is 0 Å². The van der Waals surface area contributed by atoms with Crippen LogP contribution in [0.3, 0.4) is 0 Å². The Kier molecular flexibility index (Phi) is 4.35. The van der Waals surface area contributed by atoms with Gasteiger partial charge in [0.15, 0.2) is 0 Å². The van der Waals surface area contributed by atoms with Gasteiger partial charge in [-0.2, -0.15) is 0 Å². The van der Waals surface area contributed by atoms with Crippen LogP contribution in [-0.2, 0) is 4.79 Å². The molecule has 0 aromatic rings. The average molecular weight is 200 g/mol. The van der Waals surface area contributed by atoms with Crippen LogP contribution in [0.5, 0.6) is 0 Å². The molecule has 1 aliphatic rings. The summed E-state index contributed by atoms with van der Waals surface area (Å²) < 4.78 is 0. The Morgan fingerprint density at radius 1 is 1.64 bits per heavy atom. The van der Waals surface area contributed by atoms with Crippen molar-refractivity contribution in [3.05, 3.63) is 0 Å². The summed E-state index contributed by atoms with van der Waals surface area (Å²) in [4.78, 5) is 15.3. The SMILES string of the molecule is CCN(C)C(=O)CN1CCC[C@H](O)C1. The topological polar surface area (TPSA) is 43.8 Å². The Morgan fingerprint density at radius 3 is 2.93 bits per heavy atom. The van der Waals surface area contributed by atoms with E-state index >= 15 is 0 Å². The molecule has 1 aliphatic heterocycles.